The van der Waals surface area contributed by atoms with Gasteiger partial charge < -0.3 is 10.2 Å². The average Bonchev–Trinajstić information content (AvgIpc) is 3.49. The maximum atomic E-state index is 13.0. The second kappa shape index (κ2) is 7.36. The van der Waals surface area contributed by atoms with E-state index in [4.69, 9.17) is 0 Å². The van der Waals surface area contributed by atoms with E-state index < -0.39 is 0 Å². The van der Waals surface area contributed by atoms with Gasteiger partial charge in [0, 0.05) is 25.0 Å². The molecule has 2 aliphatic rings. The average molecular weight is 335 g/mol. The summed E-state index contributed by atoms with van der Waals surface area (Å²) in [5.74, 6) is 0.192. The SMILES string of the molecule is O=C(CNC1CC1)N(Cc1cccnc1)[C@H]1CCCc2ccccc21. The van der Waals surface area contributed by atoms with Crippen LogP contribution in [0.2, 0.25) is 0 Å². The molecule has 1 N–H and O–H groups in total. The molecule has 4 nitrogen and oxygen atoms in total. The monoisotopic (exact) mass is 335 g/mol. The number of aromatic nitrogens is 1. The number of nitrogens with zero attached hydrogens (tertiary/aromatic N) is 2. The van der Waals surface area contributed by atoms with Crippen molar-refractivity contribution in [3.63, 3.8) is 0 Å². The van der Waals surface area contributed by atoms with E-state index in [9.17, 15) is 4.79 Å². The van der Waals surface area contributed by atoms with E-state index >= 15 is 0 Å². The molecule has 25 heavy (non-hydrogen) atoms. The smallest absolute Gasteiger partial charge is 0.237 e. The molecule has 1 fully saturated rings. The van der Waals surface area contributed by atoms with Gasteiger partial charge in [0.1, 0.15) is 0 Å². The first-order chi connectivity index (χ1) is 12.3. The van der Waals surface area contributed by atoms with Gasteiger partial charge in [0.15, 0.2) is 0 Å². The highest BCUT2D eigenvalue weighted by Crippen LogP contribution is 2.35. The lowest BCUT2D eigenvalue weighted by molar-refractivity contribution is -0.133. The predicted octanol–water partition coefficient (Wildman–Crippen LogP) is 3.24. The largest absolute Gasteiger partial charge is 0.330 e. The third-order valence-electron chi connectivity index (χ3n) is 5.23. The van der Waals surface area contributed by atoms with Gasteiger partial charge in [-0.1, -0.05) is 30.3 Å². The number of hydrogen-bond acceptors (Lipinski definition) is 3. The van der Waals surface area contributed by atoms with Crippen LogP contribution in [0.5, 0.6) is 0 Å². The minimum atomic E-state index is 0.165. The van der Waals surface area contributed by atoms with Crippen LogP contribution in [0, 0.1) is 0 Å². The van der Waals surface area contributed by atoms with Crippen LogP contribution in [0.4, 0.5) is 0 Å². The van der Waals surface area contributed by atoms with Crippen molar-refractivity contribution in [1.82, 2.24) is 15.2 Å². The molecule has 0 aliphatic heterocycles. The Labute approximate surface area is 149 Å². The summed E-state index contributed by atoms with van der Waals surface area (Å²) >= 11 is 0. The molecule has 0 radical (unpaired) electrons. The summed E-state index contributed by atoms with van der Waals surface area (Å²) in [6.45, 7) is 1.06. The van der Waals surface area contributed by atoms with E-state index in [-0.39, 0.29) is 11.9 Å². The molecule has 1 aromatic heterocycles. The lowest BCUT2D eigenvalue weighted by atomic mass is 9.86. The molecule has 1 atom stereocenters. The third-order valence-corrected chi connectivity index (χ3v) is 5.23. The summed E-state index contributed by atoms with van der Waals surface area (Å²) in [6, 6.07) is 13.3. The third kappa shape index (κ3) is 3.90. The van der Waals surface area contributed by atoms with Gasteiger partial charge in [-0.15, -0.1) is 0 Å². The van der Waals surface area contributed by atoms with Crippen LogP contribution in [0.25, 0.3) is 0 Å². The number of carbonyl (C=O) groups is 1. The molecule has 0 bridgehead atoms. The van der Waals surface area contributed by atoms with Crippen LogP contribution in [-0.2, 0) is 17.8 Å². The maximum absolute atomic E-state index is 13.0. The fraction of sp³-hybridized carbons (Fsp3) is 0.429. The second-order valence-corrected chi connectivity index (χ2v) is 7.14. The quantitative estimate of drug-likeness (QED) is 0.881. The lowest BCUT2D eigenvalue weighted by Gasteiger charge is -2.36. The van der Waals surface area contributed by atoms with E-state index in [1.807, 2.05) is 12.3 Å². The Morgan fingerprint density at radius 1 is 1.16 bits per heavy atom. The number of pyridine rings is 1. The Morgan fingerprint density at radius 2 is 2.04 bits per heavy atom. The minimum absolute atomic E-state index is 0.165. The fourth-order valence-corrected chi connectivity index (χ4v) is 3.73. The zero-order valence-corrected chi connectivity index (χ0v) is 14.5. The van der Waals surface area contributed by atoms with E-state index in [0.717, 1.165) is 24.8 Å². The van der Waals surface area contributed by atoms with Gasteiger partial charge in [0.05, 0.1) is 12.6 Å². The van der Waals surface area contributed by atoms with Crippen LogP contribution in [0.15, 0.2) is 48.8 Å². The Balaban J connectivity index is 1.59. The molecular weight excluding hydrogens is 310 g/mol. The van der Waals surface area contributed by atoms with Crippen LogP contribution in [0.3, 0.4) is 0 Å². The number of carbonyl (C=O) groups excluding carboxylic acids is 1. The number of benzene rings is 1. The molecule has 1 aromatic carbocycles. The zero-order valence-electron chi connectivity index (χ0n) is 14.5. The number of rotatable bonds is 6. The van der Waals surface area contributed by atoms with Crippen LogP contribution in [0.1, 0.15) is 48.4 Å². The molecule has 2 aliphatic carbocycles. The topological polar surface area (TPSA) is 45.2 Å². The summed E-state index contributed by atoms with van der Waals surface area (Å²) in [5, 5.41) is 3.38. The molecule has 0 saturated heterocycles. The molecule has 1 heterocycles. The van der Waals surface area contributed by atoms with E-state index in [1.54, 1.807) is 6.20 Å². The van der Waals surface area contributed by atoms with Gasteiger partial charge in [-0.2, -0.15) is 0 Å². The molecule has 2 aromatic rings. The van der Waals surface area contributed by atoms with E-state index in [2.05, 4.69) is 45.5 Å². The molecule has 4 rings (SSSR count). The summed E-state index contributed by atoms with van der Waals surface area (Å²) in [7, 11) is 0. The van der Waals surface area contributed by atoms with Gasteiger partial charge in [-0.05, 0) is 54.9 Å². The highest BCUT2D eigenvalue weighted by Gasteiger charge is 2.30. The molecular formula is C21H25N3O. The molecule has 0 unspecified atom stereocenters. The Hall–Kier alpha value is -2.20. The standard InChI is InChI=1S/C21H25N3O/c25-21(14-23-18-10-11-18)24(15-16-5-4-12-22-13-16)20-9-3-7-17-6-1-2-8-19(17)20/h1-2,4-6,8,12-13,18,20,23H,3,7,9-11,14-15H2/t20-/m0/s1. The van der Waals surface area contributed by atoms with Gasteiger partial charge in [0.2, 0.25) is 5.91 Å². The first kappa shape index (κ1) is 16.3. The van der Waals surface area contributed by atoms with Crippen molar-refractivity contribution >= 4 is 5.91 Å². The summed E-state index contributed by atoms with van der Waals surface area (Å²) < 4.78 is 0. The van der Waals surface area contributed by atoms with Crippen molar-refractivity contribution in [2.75, 3.05) is 6.54 Å². The normalized spacial score (nSPS) is 19.3. The van der Waals surface area contributed by atoms with Crippen molar-refractivity contribution in [3.8, 4) is 0 Å². The molecule has 4 heteroatoms. The molecule has 1 saturated carbocycles. The zero-order chi connectivity index (χ0) is 17.1. The molecule has 1 amide bonds. The highest BCUT2D eigenvalue weighted by atomic mass is 16.2. The predicted molar refractivity (Wildman–Crippen MR) is 97.9 cm³/mol. The first-order valence-electron chi connectivity index (χ1n) is 9.31. The Kier molecular flexibility index (Phi) is 4.79. The summed E-state index contributed by atoms with van der Waals surface area (Å²) in [6.07, 6.45) is 9.32. The number of aryl methyl sites for hydroxylation is 1. The van der Waals surface area contributed by atoms with Gasteiger partial charge in [-0.3, -0.25) is 9.78 Å². The van der Waals surface area contributed by atoms with Gasteiger partial charge in [0.25, 0.3) is 0 Å². The van der Waals surface area contributed by atoms with E-state index in [0.29, 0.717) is 19.1 Å². The van der Waals surface area contributed by atoms with Crippen LogP contribution >= 0.6 is 0 Å². The minimum Gasteiger partial charge on any atom is -0.330 e. The fourth-order valence-electron chi connectivity index (χ4n) is 3.73. The summed E-state index contributed by atoms with van der Waals surface area (Å²) in [4.78, 5) is 19.3. The number of amides is 1. The summed E-state index contributed by atoms with van der Waals surface area (Å²) in [5.41, 5.74) is 3.79. The van der Waals surface area contributed by atoms with Gasteiger partial charge >= 0.3 is 0 Å². The van der Waals surface area contributed by atoms with Crippen molar-refractivity contribution < 1.29 is 4.79 Å². The lowest BCUT2D eigenvalue weighted by Crippen LogP contribution is -2.41. The molecule has 0 spiro atoms. The van der Waals surface area contributed by atoms with Crippen molar-refractivity contribution in [2.45, 2.75) is 50.7 Å². The van der Waals surface area contributed by atoms with Crippen molar-refractivity contribution in [2.24, 2.45) is 0 Å². The molecule has 130 valence electrons. The number of nitrogens with one attached hydrogen (secondary N) is 1. The highest BCUT2D eigenvalue weighted by molar-refractivity contribution is 5.79. The number of fused-ring (bicyclic) bond motifs is 1. The van der Waals surface area contributed by atoms with Crippen molar-refractivity contribution in [3.05, 3.63) is 65.5 Å². The Bertz CT molecular complexity index is 727. The second-order valence-electron chi connectivity index (χ2n) is 7.14. The Morgan fingerprint density at radius 3 is 2.84 bits per heavy atom. The maximum Gasteiger partial charge on any atom is 0.237 e. The van der Waals surface area contributed by atoms with E-state index in [1.165, 1.54) is 24.0 Å². The van der Waals surface area contributed by atoms with Crippen molar-refractivity contribution in [1.29, 1.82) is 0 Å². The van der Waals surface area contributed by atoms with Crippen LogP contribution in [-0.4, -0.2) is 28.4 Å². The van der Waals surface area contributed by atoms with Crippen LogP contribution < -0.4 is 5.32 Å². The number of hydrogen-bond donors (Lipinski definition) is 1. The van der Waals surface area contributed by atoms with Gasteiger partial charge in [-0.25, -0.2) is 0 Å². The first-order valence-corrected chi connectivity index (χ1v) is 9.31.